The van der Waals surface area contributed by atoms with Crippen molar-refractivity contribution in [1.82, 2.24) is 4.31 Å². The molecule has 1 heterocycles. The summed E-state index contributed by atoms with van der Waals surface area (Å²) in [6.45, 7) is 1.69. The number of anilines is 1. The zero-order chi connectivity index (χ0) is 14.3. The average molecular weight is 304 g/mol. The second kappa shape index (κ2) is 4.77. The molecule has 0 aromatic heterocycles. The molecule has 0 spiro atoms. The van der Waals surface area contributed by atoms with Gasteiger partial charge in [-0.15, -0.1) is 0 Å². The summed E-state index contributed by atoms with van der Waals surface area (Å²) in [7, 11) is -6.75. The second-order valence-electron chi connectivity index (χ2n) is 4.58. The molecule has 106 valence electrons. The van der Waals surface area contributed by atoms with E-state index < -0.39 is 19.9 Å². The van der Waals surface area contributed by atoms with Crippen molar-refractivity contribution >= 4 is 25.5 Å². The van der Waals surface area contributed by atoms with Crippen molar-refractivity contribution in [3.05, 3.63) is 23.8 Å². The largest absolute Gasteiger partial charge is 0.399 e. The molecule has 0 saturated carbocycles. The number of hydrogen-bond donors (Lipinski definition) is 1. The number of sulfonamides is 1. The third-order valence-electron chi connectivity index (χ3n) is 3.12. The van der Waals surface area contributed by atoms with Crippen LogP contribution >= 0.6 is 0 Å². The maximum atomic E-state index is 12.4. The molecule has 2 rings (SSSR count). The molecule has 0 radical (unpaired) electrons. The quantitative estimate of drug-likeness (QED) is 0.775. The van der Waals surface area contributed by atoms with Crippen molar-refractivity contribution in [3.8, 4) is 0 Å². The van der Waals surface area contributed by atoms with Gasteiger partial charge in [0, 0.05) is 18.8 Å². The van der Waals surface area contributed by atoms with Crippen LogP contribution < -0.4 is 5.73 Å². The van der Waals surface area contributed by atoms with Crippen LogP contribution in [0.5, 0.6) is 0 Å². The summed E-state index contributed by atoms with van der Waals surface area (Å²) >= 11 is 0. The van der Waals surface area contributed by atoms with Crippen LogP contribution in [0.15, 0.2) is 23.1 Å². The molecule has 0 aliphatic carbocycles. The zero-order valence-electron chi connectivity index (χ0n) is 10.5. The summed E-state index contributed by atoms with van der Waals surface area (Å²) in [4.78, 5) is 0.181. The van der Waals surface area contributed by atoms with Crippen LogP contribution in [0.2, 0.25) is 0 Å². The molecule has 1 saturated heterocycles. The summed E-state index contributed by atoms with van der Waals surface area (Å²) in [5.41, 5.74) is 6.66. The molecule has 0 amide bonds. The molecule has 8 heteroatoms. The number of rotatable bonds is 2. The minimum atomic E-state index is -3.65. The van der Waals surface area contributed by atoms with E-state index in [4.69, 9.17) is 5.73 Å². The van der Waals surface area contributed by atoms with Gasteiger partial charge in [-0.3, -0.25) is 0 Å². The van der Waals surface area contributed by atoms with Crippen molar-refractivity contribution in [2.45, 2.75) is 11.8 Å². The fourth-order valence-corrected chi connectivity index (χ4v) is 5.12. The first kappa shape index (κ1) is 14.3. The second-order valence-corrected chi connectivity index (χ2v) is 8.79. The first-order valence-electron chi connectivity index (χ1n) is 5.79. The van der Waals surface area contributed by atoms with Crippen molar-refractivity contribution in [3.63, 3.8) is 0 Å². The lowest BCUT2D eigenvalue weighted by molar-refractivity contribution is 0.430. The molecule has 1 aromatic carbocycles. The van der Waals surface area contributed by atoms with E-state index in [1.54, 1.807) is 13.0 Å². The number of nitrogen functional groups attached to an aromatic ring is 1. The highest BCUT2D eigenvalue weighted by molar-refractivity contribution is 7.92. The van der Waals surface area contributed by atoms with Crippen LogP contribution in [0.3, 0.4) is 0 Å². The number of sulfone groups is 1. The predicted octanol–water partition coefficient (Wildman–Crippen LogP) is -0.00368. The predicted molar refractivity (Wildman–Crippen MR) is 73.0 cm³/mol. The monoisotopic (exact) mass is 304 g/mol. The molecule has 19 heavy (non-hydrogen) atoms. The van der Waals surface area contributed by atoms with Gasteiger partial charge in [-0.05, 0) is 30.7 Å². The van der Waals surface area contributed by atoms with E-state index in [-0.39, 0.29) is 29.5 Å². The van der Waals surface area contributed by atoms with Crippen LogP contribution in [0.4, 0.5) is 5.69 Å². The van der Waals surface area contributed by atoms with Crippen molar-refractivity contribution in [2.24, 2.45) is 0 Å². The van der Waals surface area contributed by atoms with Crippen LogP contribution in [0, 0.1) is 6.92 Å². The van der Waals surface area contributed by atoms with Crippen molar-refractivity contribution < 1.29 is 16.8 Å². The van der Waals surface area contributed by atoms with E-state index in [1.165, 1.54) is 16.4 Å². The Labute approximate surface area is 113 Å². The number of benzene rings is 1. The molecule has 1 aliphatic rings. The molecule has 0 bridgehead atoms. The Morgan fingerprint density at radius 2 is 1.79 bits per heavy atom. The van der Waals surface area contributed by atoms with E-state index in [9.17, 15) is 16.8 Å². The van der Waals surface area contributed by atoms with E-state index in [0.29, 0.717) is 11.3 Å². The first-order chi connectivity index (χ1) is 8.72. The molecule has 1 fully saturated rings. The normalized spacial score (nSPS) is 20.3. The molecule has 1 aliphatic heterocycles. The molecular formula is C11H16N2O4S2. The minimum Gasteiger partial charge on any atom is -0.399 e. The number of hydrogen-bond acceptors (Lipinski definition) is 5. The highest BCUT2D eigenvalue weighted by Crippen LogP contribution is 2.23. The Balaban J connectivity index is 2.33. The Bertz CT molecular complexity index is 681. The van der Waals surface area contributed by atoms with E-state index in [1.807, 2.05) is 0 Å². The fourth-order valence-electron chi connectivity index (χ4n) is 2.04. The summed E-state index contributed by atoms with van der Waals surface area (Å²) < 4.78 is 48.7. The lowest BCUT2D eigenvalue weighted by Crippen LogP contribution is -2.43. The van der Waals surface area contributed by atoms with Crippen LogP contribution in [-0.4, -0.2) is 45.7 Å². The maximum Gasteiger partial charge on any atom is 0.243 e. The van der Waals surface area contributed by atoms with Gasteiger partial charge in [0.05, 0.1) is 16.4 Å². The zero-order valence-corrected chi connectivity index (χ0v) is 12.2. The van der Waals surface area contributed by atoms with Crippen LogP contribution in [-0.2, 0) is 19.9 Å². The van der Waals surface area contributed by atoms with Crippen molar-refractivity contribution in [2.75, 3.05) is 30.3 Å². The van der Waals surface area contributed by atoms with Gasteiger partial charge in [0.25, 0.3) is 0 Å². The Morgan fingerprint density at radius 3 is 2.32 bits per heavy atom. The molecule has 0 atom stereocenters. The standard InChI is InChI=1S/C11H16N2O4S2/c1-9-8-10(12)2-3-11(9)19(16,17)13-4-6-18(14,15)7-5-13/h2-3,8H,4-7,12H2,1H3. The highest BCUT2D eigenvalue weighted by Gasteiger charge is 2.31. The fraction of sp³-hybridized carbons (Fsp3) is 0.455. The Hall–Kier alpha value is -1.12. The molecule has 1 aromatic rings. The molecular weight excluding hydrogens is 288 g/mol. The van der Waals surface area contributed by atoms with Gasteiger partial charge in [0.15, 0.2) is 9.84 Å². The topological polar surface area (TPSA) is 97.5 Å². The molecule has 0 unspecified atom stereocenters. The summed E-state index contributed by atoms with van der Waals surface area (Å²) in [6.07, 6.45) is 0. The smallest absolute Gasteiger partial charge is 0.243 e. The third kappa shape index (κ3) is 2.90. The van der Waals surface area contributed by atoms with Crippen molar-refractivity contribution in [1.29, 1.82) is 0 Å². The van der Waals surface area contributed by atoms with Gasteiger partial charge in [-0.25, -0.2) is 16.8 Å². The van der Waals surface area contributed by atoms with Gasteiger partial charge < -0.3 is 5.73 Å². The van der Waals surface area contributed by atoms with E-state index >= 15 is 0 Å². The lowest BCUT2D eigenvalue weighted by Gasteiger charge is -2.26. The van der Waals surface area contributed by atoms with Crippen LogP contribution in [0.25, 0.3) is 0 Å². The van der Waals surface area contributed by atoms with Gasteiger partial charge in [0.2, 0.25) is 10.0 Å². The average Bonchev–Trinajstić information content (AvgIpc) is 2.27. The van der Waals surface area contributed by atoms with Gasteiger partial charge in [-0.1, -0.05) is 0 Å². The van der Waals surface area contributed by atoms with E-state index in [2.05, 4.69) is 0 Å². The number of nitrogens with zero attached hydrogens (tertiary/aromatic N) is 1. The highest BCUT2D eigenvalue weighted by atomic mass is 32.2. The Morgan fingerprint density at radius 1 is 1.21 bits per heavy atom. The van der Waals surface area contributed by atoms with Gasteiger partial charge in [-0.2, -0.15) is 4.31 Å². The summed E-state index contributed by atoms with van der Waals surface area (Å²) in [6, 6.07) is 4.58. The first-order valence-corrected chi connectivity index (χ1v) is 9.05. The van der Waals surface area contributed by atoms with Crippen LogP contribution in [0.1, 0.15) is 5.56 Å². The number of aryl methyl sites for hydroxylation is 1. The van der Waals surface area contributed by atoms with Gasteiger partial charge in [0.1, 0.15) is 0 Å². The minimum absolute atomic E-state index is 0.00842. The summed E-state index contributed by atoms with van der Waals surface area (Å²) in [5.74, 6) is -0.250. The van der Waals surface area contributed by atoms with E-state index in [0.717, 1.165) is 0 Å². The third-order valence-corrected chi connectivity index (χ3v) is 6.79. The van der Waals surface area contributed by atoms with Gasteiger partial charge >= 0.3 is 0 Å². The summed E-state index contributed by atoms with van der Waals surface area (Å²) in [5, 5.41) is 0. The lowest BCUT2D eigenvalue weighted by atomic mass is 10.2. The SMILES string of the molecule is Cc1cc(N)ccc1S(=O)(=O)N1CCS(=O)(=O)CC1. The Kier molecular flexibility index (Phi) is 3.59. The molecule has 6 nitrogen and oxygen atoms in total. The number of nitrogens with two attached hydrogens (primary N) is 1. The maximum absolute atomic E-state index is 12.4. The molecule has 2 N–H and O–H groups in total.